The lowest BCUT2D eigenvalue weighted by Crippen LogP contribution is -1.99. The molecule has 0 atom stereocenters. The van der Waals surface area contributed by atoms with Crippen LogP contribution in [0, 0.1) is 0 Å². The third kappa shape index (κ3) is 2.61. The molecule has 0 saturated carbocycles. The molecule has 0 aliphatic rings. The first-order chi connectivity index (χ1) is 17.4. The van der Waals surface area contributed by atoms with Crippen molar-refractivity contribution in [1.82, 2.24) is 19.2 Å². The summed E-state index contributed by atoms with van der Waals surface area (Å²) in [5, 5.41) is 9.43. The highest BCUT2D eigenvalue weighted by Gasteiger charge is 2.22. The maximum Gasteiger partial charge on any atom is 0.138 e. The second kappa shape index (κ2) is 7.01. The monoisotopic (exact) mass is 466 g/mol. The average molecular weight is 467 g/mol. The first-order valence-electron chi connectivity index (χ1n) is 11.6. The largest absolute Gasteiger partial charge is 0.293 e. The third-order valence-corrected chi connectivity index (χ3v) is 7.84. The van der Waals surface area contributed by atoms with E-state index in [4.69, 9.17) is 4.98 Å². The highest BCUT2D eigenvalue weighted by Crippen LogP contribution is 2.43. The van der Waals surface area contributed by atoms with Crippen molar-refractivity contribution in [1.29, 1.82) is 0 Å². The first kappa shape index (κ1) is 18.9. The standard InChI is InChI=1S/C30H18N4S/c1-3-8-19(9-4-1)21-16-22(20-10-5-2-6-11-20)32-27(17-21)33-23-12-7-13-24-28(23)29-26(33)18-35-30(29)25-14-15-31-34(24)25/h1-18H. The lowest BCUT2D eigenvalue weighted by Gasteiger charge is -2.12. The molecule has 0 amide bonds. The third-order valence-electron chi connectivity index (χ3n) is 6.85. The summed E-state index contributed by atoms with van der Waals surface area (Å²) in [4.78, 5) is 5.21. The molecule has 8 rings (SSSR count). The summed E-state index contributed by atoms with van der Waals surface area (Å²) < 4.78 is 5.65. The van der Waals surface area contributed by atoms with Crippen molar-refractivity contribution in [2.75, 3.05) is 0 Å². The van der Waals surface area contributed by atoms with Crippen molar-refractivity contribution in [2.24, 2.45) is 0 Å². The molecule has 5 aromatic heterocycles. The van der Waals surface area contributed by atoms with E-state index >= 15 is 0 Å². The van der Waals surface area contributed by atoms with Crippen LogP contribution in [0.3, 0.4) is 0 Å². The van der Waals surface area contributed by atoms with Crippen molar-refractivity contribution in [3.63, 3.8) is 0 Å². The molecule has 3 aromatic carbocycles. The van der Waals surface area contributed by atoms with Gasteiger partial charge in [0, 0.05) is 21.7 Å². The number of aromatic nitrogens is 4. The smallest absolute Gasteiger partial charge is 0.138 e. The lowest BCUT2D eigenvalue weighted by atomic mass is 10.0. The van der Waals surface area contributed by atoms with Crippen LogP contribution in [0.25, 0.3) is 65.7 Å². The highest BCUT2D eigenvalue weighted by atomic mass is 32.1. The number of nitrogens with zero attached hydrogens (tertiary/aromatic N) is 4. The van der Waals surface area contributed by atoms with Crippen molar-refractivity contribution in [3.05, 3.63) is 109 Å². The van der Waals surface area contributed by atoms with Crippen LogP contribution in [0.2, 0.25) is 0 Å². The number of hydrogen-bond donors (Lipinski definition) is 0. The zero-order chi connectivity index (χ0) is 22.9. The maximum atomic E-state index is 5.21. The van der Waals surface area contributed by atoms with Crippen LogP contribution in [-0.2, 0) is 0 Å². The predicted molar refractivity (Wildman–Crippen MR) is 145 cm³/mol. The second-order valence-electron chi connectivity index (χ2n) is 8.79. The van der Waals surface area contributed by atoms with E-state index in [1.165, 1.54) is 26.6 Å². The molecule has 0 saturated heterocycles. The minimum absolute atomic E-state index is 0.922. The molecule has 0 bridgehead atoms. The Balaban J connectivity index is 1.50. The zero-order valence-corrected chi connectivity index (χ0v) is 19.4. The molecule has 0 unspecified atom stereocenters. The minimum atomic E-state index is 0.922. The average Bonchev–Trinajstić information content (AvgIpc) is 3.64. The van der Waals surface area contributed by atoms with E-state index in [1.807, 2.05) is 12.3 Å². The Morgan fingerprint density at radius 2 is 1.37 bits per heavy atom. The highest BCUT2D eigenvalue weighted by molar-refractivity contribution is 7.19. The van der Waals surface area contributed by atoms with Crippen LogP contribution in [0.4, 0.5) is 0 Å². The molecular weight excluding hydrogens is 448 g/mol. The summed E-state index contributed by atoms with van der Waals surface area (Å²) in [5.41, 5.74) is 9.02. The summed E-state index contributed by atoms with van der Waals surface area (Å²) >= 11 is 1.78. The Morgan fingerprint density at radius 1 is 0.600 bits per heavy atom. The summed E-state index contributed by atoms with van der Waals surface area (Å²) in [6.45, 7) is 0. The summed E-state index contributed by atoms with van der Waals surface area (Å²) in [6, 6.07) is 33.9. The van der Waals surface area contributed by atoms with Gasteiger partial charge in [0.1, 0.15) is 5.82 Å². The molecule has 0 radical (unpaired) electrons. The number of benzene rings is 3. The minimum Gasteiger partial charge on any atom is -0.293 e. The van der Waals surface area contributed by atoms with Gasteiger partial charge in [-0.25, -0.2) is 9.50 Å². The van der Waals surface area contributed by atoms with Crippen molar-refractivity contribution < 1.29 is 0 Å². The SMILES string of the molecule is c1ccc(-c2cc(-c3ccccc3)nc(-n3c4csc5c4c4c3cccc4n3nccc53)c2)cc1. The Labute approximate surface area is 204 Å². The summed E-state index contributed by atoms with van der Waals surface area (Å²) in [5.74, 6) is 0.922. The quantitative estimate of drug-likeness (QED) is 0.266. The van der Waals surface area contributed by atoms with E-state index in [0.717, 1.165) is 39.2 Å². The summed E-state index contributed by atoms with van der Waals surface area (Å²) in [7, 11) is 0. The van der Waals surface area contributed by atoms with Crippen molar-refractivity contribution in [2.45, 2.75) is 0 Å². The Morgan fingerprint density at radius 3 is 2.20 bits per heavy atom. The molecular formula is C30H18N4S. The van der Waals surface area contributed by atoms with Gasteiger partial charge in [0.2, 0.25) is 0 Å². The lowest BCUT2D eigenvalue weighted by molar-refractivity contribution is 1.01. The van der Waals surface area contributed by atoms with Crippen molar-refractivity contribution in [3.8, 4) is 28.2 Å². The van der Waals surface area contributed by atoms with Crippen LogP contribution in [0.15, 0.2) is 109 Å². The molecule has 0 aliphatic heterocycles. The zero-order valence-electron chi connectivity index (χ0n) is 18.6. The number of fused-ring (bicyclic) bond motifs is 3. The van der Waals surface area contributed by atoms with E-state index < -0.39 is 0 Å². The molecule has 35 heavy (non-hydrogen) atoms. The predicted octanol–water partition coefficient (Wildman–Crippen LogP) is 7.81. The first-order valence-corrected chi connectivity index (χ1v) is 12.5. The maximum absolute atomic E-state index is 5.21. The van der Waals surface area contributed by atoms with Gasteiger partial charge in [-0.1, -0.05) is 66.7 Å². The summed E-state index contributed by atoms with van der Waals surface area (Å²) in [6.07, 6.45) is 1.89. The fourth-order valence-corrected chi connectivity index (χ4v) is 6.37. The van der Waals surface area contributed by atoms with E-state index in [9.17, 15) is 0 Å². The van der Waals surface area contributed by atoms with Crippen LogP contribution >= 0.6 is 11.3 Å². The molecule has 0 N–H and O–H groups in total. The van der Waals surface area contributed by atoms with Gasteiger partial charge in [0.15, 0.2) is 0 Å². The fraction of sp³-hybridized carbons (Fsp3) is 0. The van der Waals surface area contributed by atoms with Gasteiger partial charge in [-0.15, -0.1) is 11.3 Å². The Kier molecular flexibility index (Phi) is 3.78. The topological polar surface area (TPSA) is 35.1 Å². The molecule has 5 heterocycles. The fourth-order valence-electron chi connectivity index (χ4n) is 5.32. The van der Waals surface area contributed by atoms with Gasteiger partial charge in [-0.05, 0) is 41.5 Å². The molecule has 0 spiro atoms. The number of pyridine rings is 2. The normalized spacial score (nSPS) is 12.0. The molecule has 0 fully saturated rings. The van der Waals surface area contributed by atoms with Crippen molar-refractivity contribution >= 4 is 48.9 Å². The Hall–Kier alpha value is -4.48. The van der Waals surface area contributed by atoms with Crippen LogP contribution in [0.1, 0.15) is 0 Å². The van der Waals surface area contributed by atoms with Gasteiger partial charge in [-0.3, -0.25) is 4.57 Å². The second-order valence-corrected chi connectivity index (χ2v) is 9.67. The van der Waals surface area contributed by atoms with Gasteiger partial charge < -0.3 is 0 Å². The number of hydrogen-bond acceptors (Lipinski definition) is 3. The Bertz CT molecular complexity index is 1940. The molecule has 164 valence electrons. The number of thiophene rings is 1. The van der Waals surface area contributed by atoms with Crippen LogP contribution in [0.5, 0.6) is 0 Å². The molecule has 4 nitrogen and oxygen atoms in total. The van der Waals surface area contributed by atoms with Gasteiger partial charge in [-0.2, -0.15) is 5.10 Å². The van der Waals surface area contributed by atoms with E-state index in [2.05, 4.69) is 111 Å². The van der Waals surface area contributed by atoms with Gasteiger partial charge >= 0.3 is 0 Å². The molecule has 0 aliphatic carbocycles. The number of rotatable bonds is 3. The molecule has 8 aromatic rings. The molecule has 5 heteroatoms. The van der Waals surface area contributed by atoms with Gasteiger partial charge in [0.05, 0.1) is 38.7 Å². The van der Waals surface area contributed by atoms with E-state index in [-0.39, 0.29) is 0 Å². The van der Waals surface area contributed by atoms with Crippen LogP contribution < -0.4 is 0 Å². The van der Waals surface area contributed by atoms with Crippen LogP contribution in [-0.4, -0.2) is 19.2 Å². The van der Waals surface area contributed by atoms with E-state index in [1.54, 1.807) is 11.3 Å². The van der Waals surface area contributed by atoms with Gasteiger partial charge in [0.25, 0.3) is 0 Å². The van der Waals surface area contributed by atoms with E-state index in [0.29, 0.717) is 0 Å².